The Bertz CT molecular complexity index is 385. The Morgan fingerprint density at radius 1 is 1.40 bits per heavy atom. The normalized spacial score (nSPS) is 17.7. The summed E-state index contributed by atoms with van der Waals surface area (Å²) >= 11 is 1.48. The van der Waals surface area contributed by atoms with Crippen molar-refractivity contribution in [2.75, 3.05) is 32.7 Å². The molecule has 1 saturated carbocycles. The molecule has 1 N–H and O–H groups in total. The van der Waals surface area contributed by atoms with E-state index in [9.17, 15) is 5.11 Å². The molecule has 2 rings (SSSR count). The van der Waals surface area contributed by atoms with Crippen molar-refractivity contribution in [3.8, 4) is 0 Å². The number of aromatic nitrogens is 4. The second kappa shape index (κ2) is 8.56. The number of hydrogen-bond donors (Lipinski definition) is 1. The summed E-state index contributed by atoms with van der Waals surface area (Å²) in [5.41, 5.74) is 0. The molecular weight excluding hydrogens is 280 g/mol. The van der Waals surface area contributed by atoms with Gasteiger partial charge >= 0.3 is 0 Å². The quantitative estimate of drug-likeness (QED) is 0.536. The van der Waals surface area contributed by atoms with Crippen LogP contribution < -0.4 is 0 Å². The number of tetrazole rings is 1. The molecule has 7 nitrogen and oxygen atoms in total. The third-order valence-electron chi connectivity index (χ3n) is 3.28. The largest absolute Gasteiger partial charge is 0.390 e. The van der Waals surface area contributed by atoms with Crippen LogP contribution in [0.4, 0.5) is 0 Å². The molecule has 1 fully saturated rings. The lowest BCUT2D eigenvalue weighted by Gasteiger charge is -2.13. The van der Waals surface area contributed by atoms with Gasteiger partial charge in [0.05, 0.1) is 32.0 Å². The van der Waals surface area contributed by atoms with Gasteiger partial charge in [-0.25, -0.2) is 4.68 Å². The van der Waals surface area contributed by atoms with Crippen LogP contribution in [0.2, 0.25) is 0 Å². The van der Waals surface area contributed by atoms with E-state index in [0.29, 0.717) is 31.6 Å². The van der Waals surface area contributed by atoms with Gasteiger partial charge < -0.3 is 14.6 Å². The lowest BCUT2D eigenvalue weighted by Crippen LogP contribution is -2.20. The van der Waals surface area contributed by atoms with Gasteiger partial charge in [0, 0.05) is 12.9 Å². The first-order chi connectivity index (χ1) is 9.81. The van der Waals surface area contributed by atoms with E-state index < -0.39 is 6.10 Å². The van der Waals surface area contributed by atoms with Crippen molar-refractivity contribution in [2.45, 2.75) is 43.0 Å². The summed E-state index contributed by atoms with van der Waals surface area (Å²) in [4.78, 5) is 0. The van der Waals surface area contributed by atoms with Gasteiger partial charge in [0.1, 0.15) is 0 Å². The average molecular weight is 302 g/mol. The number of methoxy groups -OCH3 is 1. The number of aliphatic hydroxyl groups is 1. The van der Waals surface area contributed by atoms with Crippen molar-refractivity contribution < 1.29 is 14.6 Å². The van der Waals surface area contributed by atoms with Gasteiger partial charge in [-0.3, -0.25) is 0 Å². The molecule has 1 aliphatic carbocycles. The van der Waals surface area contributed by atoms with E-state index in [4.69, 9.17) is 9.47 Å². The monoisotopic (exact) mass is 302 g/mol. The standard InChI is InChI=1S/C12H22N4O3S/c1-18-6-7-19-8-11(17)9-20-12-13-14-15-16(12)10-4-2-3-5-10/h10-11,17H,2-9H2,1H3. The minimum Gasteiger partial charge on any atom is -0.390 e. The van der Waals surface area contributed by atoms with Gasteiger partial charge in [-0.15, -0.1) is 5.10 Å². The SMILES string of the molecule is COCCOCC(O)CSc1nnnn1C1CCCC1. The number of rotatable bonds is 9. The summed E-state index contributed by atoms with van der Waals surface area (Å²) in [5.74, 6) is 0.528. The van der Waals surface area contributed by atoms with Crippen LogP contribution in [0, 0.1) is 0 Å². The molecule has 8 heteroatoms. The molecule has 0 saturated heterocycles. The Hall–Kier alpha value is -0.700. The van der Waals surface area contributed by atoms with Crippen LogP contribution in [0.15, 0.2) is 5.16 Å². The predicted octanol–water partition coefficient (Wildman–Crippen LogP) is 0.904. The Kier molecular flexibility index (Phi) is 6.71. The molecule has 0 aliphatic heterocycles. The zero-order valence-corrected chi connectivity index (χ0v) is 12.6. The predicted molar refractivity (Wildman–Crippen MR) is 74.7 cm³/mol. The van der Waals surface area contributed by atoms with E-state index in [-0.39, 0.29) is 0 Å². The highest BCUT2D eigenvalue weighted by Crippen LogP contribution is 2.31. The van der Waals surface area contributed by atoms with E-state index in [1.807, 2.05) is 4.68 Å². The number of hydrogen-bond acceptors (Lipinski definition) is 7. The molecule has 1 unspecified atom stereocenters. The first kappa shape index (κ1) is 15.7. The van der Waals surface area contributed by atoms with Crippen LogP contribution in [0.3, 0.4) is 0 Å². The van der Waals surface area contributed by atoms with Crippen molar-refractivity contribution in [1.29, 1.82) is 0 Å². The summed E-state index contributed by atoms with van der Waals surface area (Å²) in [6, 6.07) is 0.419. The van der Waals surface area contributed by atoms with Crippen molar-refractivity contribution >= 4 is 11.8 Å². The maximum atomic E-state index is 9.84. The average Bonchev–Trinajstić information content (AvgIpc) is 3.11. The van der Waals surface area contributed by atoms with E-state index in [1.165, 1.54) is 24.6 Å². The molecule has 0 spiro atoms. The molecule has 0 amide bonds. The molecule has 1 aliphatic rings. The molecule has 1 heterocycles. The van der Waals surface area contributed by atoms with Crippen LogP contribution >= 0.6 is 11.8 Å². The Labute approximate surface area is 123 Å². The van der Waals surface area contributed by atoms with Gasteiger partial charge in [-0.1, -0.05) is 24.6 Å². The fraction of sp³-hybridized carbons (Fsp3) is 0.917. The van der Waals surface area contributed by atoms with Crippen molar-refractivity contribution in [3.63, 3.8) is 0 Å². The van der Waals surface area contributed by atoms with Crippen LogP contribution in [0.25, 0.3) is 0 Å². The number of nitrogens with zero attached hydrogens (tertiary/aromatic N) is 4. The molecule has 1 aromatic heterocycles. The van der Waals surface area contributed by atoms with Crippen molar-refractivity contribution in [1.82, 2.24) is 20.2 Å². The topological polar surface area (TPSA) is 82.3 Å². The number of aliphatic hydroxyl groups excluding tert-OH is 1. The Balaban J connectivity index is 1.72. The Morgan fingerprint density at radius 3 is 2.95 bits per heavy atom. The summed E-state index contributed by atoms with van der Waals surface area (Å²) in [6.07, 6.45) is 4.24. The molecule has 20 heavy (non-hydrogen) atoms. The summed E-state index contributed by atoms with van der Waals surface area (Å²) in [5, 5.41) is 22.5. The van der Waals surface area contributed by atoms with Crippen molar-refractivity contribution in [3.05, 3.63) is 0 Å². The van der Waals surface area contributed by atoms with Crippen LogP contribution in [-0.4, -0.2) is 64.1 Å². The number of ether oxygens (including phenoxy) is 2. The highest BCUT2D eigenvalue weighted by atomic mass is 32.2. The smallest absolute Gasteiger partial charge is 0.209 e. The third kappa shape index (κ3) is 4.69. The fourth-order valence-corrected chi connectivity index (χ4v) is 3.09. The highest BCUT2D eigenvalue weighted by Gasteiger charge is 2.22. The third-order valence-corrected chi connectivity index (χ3v) is 4.36. The minimum absolute atomic E-state index is 0.307. The lowest BCUT2D eigenvalue weighted by molar-refractivity contribution is 0.0218. The van der Waals surface area contributed by atoms with E-state index in [0.717, 1.165) is 18.0 Å². The molecule has 1 atom stereocenters. The summed E-state index contributed by atoms with van der Waals surface area (Å²) in [7, 11) is 1.62. The van der Waals surface area contributed by atoms with Gasteiger partial charge in [0.15, 0.2) is 0 Å². The molecule has 1 aromatic rings. The van der Waals surface area contributed by atoms with E-state index in [1.54, 1.807) is 7.11 Å². The second-order valence-electron chi connectivity index (χ2n) is 4.88. The first-order valence-corrected chi connectivity index (χ1v) is 7.95. The molecule has 0 aromatic carbocycles. The minimum atomic E-state index is -0.523. The van der Waals surface area contributed by atoms with Gasteiger partial charge in [0.25, 0.3) is 0 Å². The number of thioether (sulfide) groups is 1. The van der Waals surface area contributed by atoms with Gasteiger partial charge in [-0.05, 0) is 23.3 Å². The van der Waals surface area contributed by atoms with E-state index in [2.05, 4.69) is 15.5 Å². The van der Waals surface area contributed by atoms with Crippen LogP contribution in [0.5, 0.6) is 0 Å². The van der Waals surface area contributed by atoms with Gasteiger partial charge in [0.2, 0.25) is 5.16 Å². The zero-order valence-electron chi connectivity index (χ0n) is 11.8. The van der Waals surface area contributed by atoms with E-state index >= 15 is 0 Å². The molecule has 114 valence electrons. The summed E-state index contributed by atoms with van der Waals surface area (Å²) < 4.78 is 12.1. The summed E-state index contributed by atoms with van der Waals surface area (Å²) in [6.45, 7) is 1.35. The lowest BCUT2D eigenvalue weighted by atomic mass is 10.3. The maximum absolute atomic E-state index is 9.84. The van der Waals surface area contributed by atoms with Gasteiger partial charge in [-0.2, -0.15) is 0 Å². The molecular formula is C12H22N4O3S. The zero-order chi connectivity index (χ0) is 14.2. The molecule has 0 radical (unpaired) electrons. The second-order valence-corrected chi connectivity index (χ2v) is 5.86. The fourth-order valence-electron chi connectivity index (χ4n) is 2.24. The van der Waals surface area contributed by atoms with Crippen LogP contribution in [0.1, 0.15) is 31.7 Å². The van der Waals surface area contributed by atoms with Crippen LogP contribution in [-0.2, 0) is 9.47 Å². The molecule has 0 bridgehead atoms. The first-order valence-electron chi connectivity index (χ1n) is 6.96. The highest BCUT2D eigenvalue weighted by molar-refractivity contribution is 7.99. The Morgan fingerprint density at radius 2 is 2.20 bits per heavy atom. The van der Waals surface area contributed by atoms with Crippen molar-refractivity contribution in [2.24, 2.45) is 0 Å². The maximum Gasteiger partial charge on any atom is 0.209 e.